The van der Waals surface area contributed by atoms with Crippen molar-refractivity contribution in [1.82, 2.24) is 19.8 Å². The van der Waals surface area contributed by atoms with Gasteiger partial charge in [0.05, 0.1) is 17.6 Å². The molecule has 5 rings (SSSR count). The monoisotopic (exact) mass is 500 g/mol. The van der Waals surface area contributed by atoms with E-state index in [2.05, 4.69) is 10.2 Å². The van der Waals surface area contributed by atoms with E-state index in [1.165, 1.54) is 38.5 Å². The topological polar surface area (TPSA) is 67.2 Å². The SMILES string of the molecule is Cc1ccc(C(=O)NCc2nc3ccccc3n2CC(=O)N(C2CCCCC2)C2CCCCC2)c(C)c1. The van der Waals surface area contributed by atoms with E-state index in [-0.39, 0.29) is 24.9 Å². The van der Waals surface area contributed by atoms with Gasteiger partial charge in [-0.05, 0) is 63.3 Å². The van der Waals surface area contributed by atoms with Crippen molar-refractivity contribution < 1.29 is 9.59 Å². The van der Waals surface area contributed by atoms with E-state index in [4.69, 9.17) is 4.98 Å². The predicted molar refractivity (Wildman–Crippen MR) is 147 cm³/mol. The van der Waals surface area contributed by atoms with E-state index in [0.717, 1.165) is 53.7 Å². The predicted octanol–water partition coefficient (Wildman–Crippen LogP) is 6.08. The molecule has 2 saturated carbocycles. The summed E-state index contributed by atoms with van der Waals surface area (Å²) in [7, 11) is 0. The van der Waals surface area contributed by atoms with Crippen LogP contribution in [-0.2, 0) is 17.9 Å². The van der Waals surface area contributed by atoms with Crippen LogP contribution in [0.1, 0.15) is 91.5 Å². The summed E-state index contributed by atoms with van der Waals surface area (Å²) < 4.78 is 2.03. The summed E-state index contributed by atoms with van der Waals surface area (Å²) in [4.78, 5) is 34.1. The van der Waals surface area contributed by atoms with Gasteiger partial charge in [0.1, 0.15) is 12.4 Å². The summed E-state index contributed by atoms with van der Waals surface area (Å²) in [6, 6.07) is 14.5. The number of aromatic nitrogens is 2. The molecule has 6 nitrogen and oxygen atoms in total. The summed E-state index contributed by atoms with van der Waals surface area (Å²) in [5.41, 5.74) is 4.56. The van der Waals surface area contributed by atoms with Crippen LogP contribution in [0, 0.1) is 13.8 Å². The van der Waals surface area contributed by atoms with E-state index < -0.39 is 0 Å². The molecule has 2 fully saturated rings. The Hall–Kier alpha value is -3.15. The van der Waals surface area contributed by atoms with Crippen LogP contribution in [0.5, 0.6) is 0 Å². The first kappa shape index (κ1) is 25.5. The van der Waals surface area contributed by atoms with Crippen LogP contribution in [0.4, 0.5) is 0 Å². The minimum absolute atomic E-state index is 0.117. The van der Waals surface area contributed by atoms with Crippen molar-refractivity contribution in [3.63, 3.8) is 0 Å². The average molecular weight is 501 g/mol. The second-order valence-electron chi connectivity index (χ2n) is 11.0. The Morgan fingerprint density at radius 1 is 0.919 bits per heavy atom. The fourth-order valence-corrected chi connectivity index (χ4v) is 6.40. The Morgan fingerprint density at radius 2 is 1.57 bits per heavy atom. The first-order valence-corrected chi connectivity index (χ1v) is 14.1. The number of aryl methyl sites for hydroxylation is 2. The Balaban J connectivity index is 1.39. The van der Waals surface area contributed by atoms with Gasteiger partial charge in [-0.3, -0.25) is 9.59 Å². The number of hydrogen-bond acceptors (Lipinski definition) is 3. The molecule has 1 aromatic heterocycles. The smallest absolute Gasteiger partial charge is 0.251 e. The van der Waals surface area contributed by atoms with E-state index >= 15 is 0 Å². The summed E-state index contributed by atoms with van der Waals surface area (Å²) >= 11 is 0. The molecule has 37 heavy (non-hydrogen) atoms. The molecular formula is C31H40N4O2. The number of carbonyl (C=O) groups is 2. The molecule has 0 spiro atoms. The number of nitrogens with zero attached hydrogens (tertiary/aromatic N) is 3. The molecule has 2 amide bonds. The molecule has 0 unspecified atom stereocenters. The van der Waals surface area contributed by atoms with Gasteiger partial charge in [0.25, 0.3) is 5.91 Å². The molecular weight excluding hydrogens is 460 g/mol. The molecule has 1 N–H and O–H groups in total. The first-order chi connectivity index (χ1) is 18.0. The maximum atomic E-state index is 14.0. The van der Waals surface area contributed by atoms with Gasteiger partial charge in [-0.15, -0.1) is 0 Å². The number of benzene rings is 2. The van der Waals surface area contributed by atoms with Crippen molar-refractivity contribution in [2.24, 2.45) is 0 Å². The second kappa shape index (κ2) is 11.5. The lowest BCUT2D eigenvalue weighted by Gasteiger charge is -2.42. The molecule has 2 aliphatic rings. The van der Waals surface area contributed by atoms with Crippen LogP contribution < -0.4 is 5.32 Å². The highest BCUT2D eigenvalue weighted by Gasteiger charge is 2.33. The molecule has 0 radical (unpaired) electrons. The van der Waals surface area contributed by atoms with Crippen molar-refractivity contribution in [2.75, 3.05) is 0 Å². The first-order valence-electron chi connectivity index (χ1n) is 14.1. The largest absolute Gasteiger partial charge is 0.345 e. The Morgan fingerprint density at radius 3 is 2.22 bits per heavy atom. The molecule has 196 valence electrons. The van der Waals surface area contributed by atoms with Gasteiger partial charge >= 0.3 is 0 Å². The van der Waals surface area contributed by atoms with Gasteiger partial charge in [-0.1, -0.05) is 68.4 Å². The van der Waals surface area contributed by atoms with Gasteiger partial charge in [0, 0.05) is 17.6 Å². The summed E-state index contributed by atoms with van der Waals surface area (Å²) in [6.45, 7) is 4.53. The zero-order valence-corrected chi connectivity index (χ0v) is 22.3. The van der Waals surface area contributed by atoms with Crippen LogP contribution in [0.3, 0.4) is 0 Å². The lowest BCUT2D eigenvalue weighted by atomic mass is 9.88. The maximum absolute atomic E-state index is 14.0. The molecule has 3 aromatic rings. The summed E-state index contributed by atoms with van der Waals surface area (Å²) in [5, 5.41) is 3.06. The minimum Gasteiger partial charge on any atom is -0.345 e. The number of amides is 2. The van der Waals surface area contributed by atoms with Gasteiger partial charge in [-0.2, -0.15) is 0 Å². The minimum atomic E-state index is -0.117. The molecule has 0 saturated heterocycles. The lowest BCUT2D eigenvalue weighted by molar-refractivity contribution is -0.138. The highest BCUT2D eigenvalue weighted by atomic mass is 16.2. The Bertz CT molecular complexity index is 1230. The van der Waals surface area contributed by atoms with Crippen LogP contribution in [0.2, 0.25) is 0 Å². The zero-order valence-electron chi connectivity index (χ0n) is 22.3. The van der Waals surface area contributed by atoms with E-state index in [9.17, 15) is 9.59 Å². The molecule has 1 heterocycles. The van der Waals surface area contributed by atoms with Crippen LogP contribution in [0.15, 0.2) is 42.5 Å². The highest BCUT2D eigenvalue weighted by Crippen LogP contribution is 2.31. The quantitative estimate of drug-likeness (QED) is 0.428. The highest BCUT2D eigenvalue weighted by molar-refractivity contribution is 5.95. The maximum Gasteiger partial charge on any atom is 0.251 e. The van der Waals surface area contributed by atoms with Crippen molar-refractivity contribution in [3.8, 4) is 0 Å². The summed E-state index contributed by atoms with van der Waals surface area (Å²) in [6.07, 6.45) is 11.9. The number of hydrogen-bond donors (Lipinski definition) is 1. The number of fused-ring (bicyclic) bond motifs is 1. The van der Waals surface area contributed by atoms with Crippen molar-refractivity contribution in [1.29, 1.82) is 0 Å². The number of imidazole rings is 1. The van der Waals surface area contributed by atoms with E-state index in [0.29, 0.717) is 17.6 Å². The molecule has 0 bridgehead atoms. The van der Waals surface area contributed by atoms with Crippen LogP contribution in [0.25, 0.3) is 11.0 Å². The lowest BCUT2D eigenvalue weighted by Crippen LogP contribution is -2.50. The molecule has 2 aromatic carbocycles. The Kier molecular flexibility index (Phi) is 7.92. The van der Waals surface area contributed by atoms with Gasteiger partial charge < -0.3 is 14.8 Å². The van der Waals surface area contributed by atoms with Crippen molar-refractivity contribution >= 4 is 22.8 Å². The summed E-state index contributed by atoms with van der Waals surface area (Å²) in [5.74, 6) is 0.803. The molecule has 2 aliphatic carbocycles. The number of carbonyl (C=O) groups excluding carboxylic acids is 2. The van der Waals surface area contributed by atoms with Crippen molar-refractivity contribution in [3.05, 3.63) is 65.0 Å². The fourth-order valence-electron chi connectivity index (χ4n) is 6.40. The molecule has 0 aliphatic heterocycles. The van der Waals surface area contributed by atoms with Gasteiger partial charge in [0.15, 0.2) is 0 Å². The van der Waals surface area contributed by atoms with Crippen molar-refractivity contribution in [2.45, 2.75) is 103 Å². The molecule has 0 atom stereocenters. The van der Waals surface area contributed by atoms with Crippen LogP contribution in [-0.4, -0.2) is 38.3 Å². The second-order valence-corrected chi connectivity index (χ2v) is 11.0. The third-order valence-corrected chi connectivity index (χ3v) is 8.28. The standard InChI is InChI=1S/C31H40N4O2/c1-22-17-18-26(23(2)19-22)31(37)32-20-29-33-27-15-9-10-16-28(27)34(29)21-30(36)35(24-11-5-3-6-12-24)25-13-7-4-8-14-25/h9-10,15-19,24-25H,3-8,11-14,20-21H2,1-2H3,(H,32,37). The number of para-hydroxylation sites is 2. The number of nitrogens with one attached hydrogen (secondary N) is 1. The molecule has 6 heteroatoms. The van der Waals surface area contributed by atoms with Crippen LogP contribution >= 0.6 is 0 Å². The fraction of sp³-hybridized carbons (Fsp3) is 0.516. The number of rotatable bonds is 7. The Labute approximate surface area is 220 Å². The van der Waals surface area contributed by atoms with Gasteiger partial charge in [0.2, 0.25) is 5.91 Å². The van der Waals surface area contributed by atoms with Gasteiger partial charge in [-0.25, -0.2) is 4.98 Å². The third-order valence-electron chi connectivity index (χ3n) is 8.28. The third kappa shape index (κ3) is 5.73. The normalized spacial score (nSPS) is 17.1. The van der Waals surface area contributed by atoms with E-state index in [1.807, 2.05) is 60.9 Å². The zero-order chi connectivity index (χ0) is 25.8. The van der Waals surface area contributed by atoms with E-state index in [1.54, 1.807) is 0 Å². The average Bonchev–Trinajstić information content (AvgIpc) is 3.26.